The number of amides is 3. The topological polar surface area (TPSA) is 154 Å². The minimum atomic E-state index is -3.53. The maximum Gasteiger partial charge on any atom is 0.314 e. The second-order valence-corrected chi connectivity index (χ2v) is 12.3. The summed E-state index contributed by atoms with van der Waals surface area (Å²) < 4.78 is 25.5. The number of piperidine rings is 1. The van der Waals surface area contributed by atoms with Gasteiger partial charge < -0.3 is 20.9 Å². The number of halogens is 1. The summed E-state index contributed by atoms with van der Waals surface area (Å²) in [4.78, 5) is 49.6. The van der Waals surface area contributed by atoms with Crippen LogP contribution in [0.4, 0.5) is 5.82 Å². The van der Waals surface area contributed by atoms with Crippen molar-refractivity contribution < 1.29 is 22.8 Å². The molecule has 0 aromatic carbocycles. The average Bonchev–Trinajstić information content (AvgIpc) is 3.24. The summed E-state index contributed by atoms with van der Waals surface area (Å²) in [7, 11) is -1.53. The third kappa shape index (κ3) is 6.37. The molecule has 2 aromatic rings. The molecule has 2 aliphatic heterocycles. The molecule has 0 unspecified atom stereocenters. The number of hydrogen-bond donors (Lipinski definition) is 3. The Hall–Kier alpha value is -2.65. The van der Waals surface area contributed by atoms with Crippen molar-refractivity contribution in [2.45, 2.75) is 31.5 Å². The Bertz CT molecular complexity index is 1270. The van der Waals surface area contributed by atoms with Gasteiger partial charge in [0.2, 0.25) is 10.0 Å². The SMILES string of the molecule is CN1CCc2nc(C(=O)N[C@@H]3CN(S(C)(=O)=O)CC[C@@H]3NC(=O)C(=O)Nc3ccc(Cl)cn3)sc2C1. The Labute approximate surface area is 217 Å². The van der Waals surface area contributed by atoms with Crippen LogP contribution in [0, 0.1) is 0 Å². The highest BCUT2D eigenvalue weighted by molar-refractivity contribution is 7.88. The number of nitrogens with zero attached hydrogens (tertiary/aromatic N) is 4. The maximum absolute atomic E-state index is 13.0. The molecule has 4 heterocycles. The van der Waals surface area contributed by atoms with Gasteiger partial charge in [0.1, 0.15) is 5.82 Å². The lowest BCUT2D eigenvalue weighted by Gasteiger charge is -2.37. The number of aromatic nitrogens is 2. The predicted molar refractivity (Wildman–Crippen MR) is 134 cm³/mol. The largest absolute Gasteiger partial charge is 0.344 e. The van der Waals surface area contributed by atoms with Crippen LogP contribution >= 0.6 is 22.9 Å². The van der Waals surface area contributed by atoms with Gasteiger partial charge in [0, 0.05) is 43.7 Å². The van der Waals surface area contributed by atoms with Crippen molar-refractivity contribution in [1.82, 2.24) is 29.8 Å². The number of nitrogens with one attached hydrogen (secondary N) is 3. The summed E-state index contributed by atoms with van der Waals surface area (Å²) in [6.45, 7) is 1.64. The smallest absolute Gasteiger partial charge is 0.314 e. The Morgan fingerprint density at radius 3 is 2.61 bits per heavy atom. The fourth-order valence-corrected chi connectivity index (χ4v) is 6.12. The van der Waals surface area contributed by atoms with Crippen molar-refractivity contribution in [2.75, 3.05) is 38.3 Å². The quantitative estimate of drug-likeness (QED) is 0.438. The molecule has 2 aromatic heterocycles. The molecular weight excluding hydrogens is 530 g/mol. The van der Waals surface area contributed by atoms with Gasteiger partial charge in [0.15, 0.2) is 5.01 Å². The van der Waals surface area contributed by atoms with Gasteiger partial charge in [-0.3, -0.25) is 14.4 Å². The third-order valence-electron chi connectivity index (χ3n) is 5.97. The Morgan fingerprint density at radius 1 is 1.14 bits per heavy atom. The lowest BCUT2D eigenvalue weighted by atomic mass is 10.0. The van der Waals surface area contributed by atoms with E-state index < -0.39 is 39.8 Å². The Morgan fingerprint density at radius 2 is 1.92 bits per heavy atom. The molecular formula is C21H26ClN7O5S2. The molecule has 0 aliphatic carbocycles. The van der Waals surface area contributed by atoms with Crippen LogP contribution in [-0.2, 0) is 32.6 Å². The van der Waals surface area contributed by atoms with Gasteiger partial charge in [-0.2, -0.15) is 4.31 Å². The first-order valence-electron chi connectivity index (χ1n) is 11.2. The molecule has 0 bridgehead atoms. The van der Waals surface area contributed by atoms with Gasteiger partial charge in [0.25, 0.3) is 5.91 Å². The van der Waals surface area contributed by atoms with Gasteiger partial charge in [-0.05, 0) is 25.6 Å². The number of sulfonamides is 1. The van der Waals surface area contributed by atoms with Gasteiger partial charge in [0.05, 0.1) is 29.1 Å². The van der Waals surface area contributed by atoms with E-state index >= 15 is 0 Å². The van der Waals surface area contributed by atoms with Gasteiger partial charge >= 0.3 is 11.8 Å². The third-order valence-corrected chi connectivity index (χ3v) is 8.54. The molecule has 194 valence electrons. The fourth-order valence-electron chi connectivity index (χ4n) is 4.05. The van der Waals surface area contributed by atoms with E-state index in [0.717, 1.165) is 29.8 Å². The van der Waals surface area contributed by atoms with Crippen molar-refractivity contribution in [2.24, 2.45) is 0 Å². The zero-order chi connectivity index (χ0) is 26.0. The molecule has 3 amide bonds. The molecule has 0 saturated carbocycles. The van der Waals surface area contributed by atoms with E-state index in [0.29, 0.717) is 11.6 Å². The van der Waals surface area contributed by atoms with Crippen LogP contribution in [-0.4, -0.2) is 90.3 Å². The number of carbonyl (C=O) groups excluding carboxylic acids is 3. The summed E-state index contributed by atoms with van der Waals surface area (Å²) in [6.07, 6.45) is 3.37. The van der Waals surface area contributed by atoms with Gasteiger partial charge in [-0.1, -0.05) is 11.6 Å². The molecule has 0 spiro atoms. The number of carbonyl (C=O) groups is 3. The zero-order valence-electron chi connectivity index (χ0n) is 19.7. The van der Waals surface area contributed by atoms with Crippen molar-refractivity contribution >= 4 is 56.5 Å². The average molecular weight is 556 g/mol. The number of fused-ring (bicyclic) bond motifs is 1. The molecule has 3 N–H and O–H groups in total. The van der Waals surface area contributed by atoms with E-state index in [9.17, 15) is 22.8 Å². The highest BCUT2D eigenvalue weighted by Crippen LogP contribution is 2.25. The lowest BCUT2D eigenvalue weighted by Crippen LogP contribution is -2.62. The first-order valence-corrected chi connectivity index (χ1v) is 14.2. The Kier molecular flexibility index (Phi) is 7.90. The lowest BCUT2D eigenvalue weighted by molar-refractivity contribution is -0.136. The monoisotopic (exact) mass is 555 g/mol. The highest BCUT2D eigenvalue weighted by atomic mass is 35.5. The van der Waals surface area contributed by atoms with Crippen LogP contribution in [0.3, 0.4) is 0 Å². The van der Waals surface area contributed by atoms with Gasteiger partial charge in [-0.25, -0.2) is 18.4 Å². The van der Waals surface area contributed by atoms with Gasteiger partial charge in [-0.15, -0.1) is 11.3 Å². The van der Waals surface area contributed by atoms with E-state index in [-0.39, 0.29) is 30.3 Å². The predicted octanol–water partition coefficient (Wildman–Crippen LogP) is 0.0666. The summed E-state index contributed by atoms with van der Waals surface area (Å²) in [5.41, 5.74) is 0.891. The van der Waals surface area contributed by atoms with Crippen LogP contribution < -0.4 is 16.0 Å². The van der Waals surface area contributed by atoms with Crippen LogP contribution in [0.1, 0.15) is 26.8 Å². The first-order chi connectivity index (χ1) is 17.0. The molecule has 0 radical (unpaired) electrons. The van der Waals surface area contributed by atoms with Crippen molar-refractivity contribution in [3.8, 4) is 0 Å². The maximum atomic E-state index is 13.0. The van der Waals surface area contributed by atoms with E-state index in [1.807, 2.05) is 7.05 Å². The molecule has 2 atom stereocenters. The molecule has 1 fully saturated rings. The van der Waals surface area contributed by atoms with Crippen LogP contribution in [0.5, 0.6) is 0 Å². The molecule has 12 nitrogen and oxygen atoms in total. The van der Waals surface area contributed by atoms with E-state index in [2.05, 4.69) is 30.8 Å². The second kappa shape index (κ2) is 10.8. The second-order valence-electron chi connectivity index (χ2n) is 8.76. The fraction of sp³-hybridized carbons (Fsp3) is 0.476. The highest BCUT2D eigenvalue weighted by Gasteiger charge is 2.36. The summed E-state index contributed by atoms with van der Waals surface area (Å²) in [5.74, 6) is -2.19. The van der Waals surface area contributed by atoms with E-state index in [1.165, 1.54) is 34.0 Å². The number of likely N-dealkylation sites (N-methyl/N-ethyl adjacent to an activating group) is 1. The number of hydrogen-bond acceptors (Lipinski definition) is 9. The van der Waals surface area contributed by atoms with Crippen molar-refractivity contribution in [3.05, 3.63) is 38.9 Å². The molecule has 1 saturated heterocycles. The Balaban J connectivity index is 1.45. The molecule has 15 heteroatoms. The minimum absolute atomic E-state index is 0.0519. The normalized spacial score (nSPS) is 20.9. The standard InChI is InChI=1S/C21H26ClN7O5S2/c1-28-7-5-14-16(11-28)35-21(26-14)20(32)25-15-10-29(36(2,33)34)8-6-13(15)24-18(30)19(31)27-17-4-3-12(22)9-23-17/h3-4,9,13,15H,5-8,10-11H2,1-2H3,(H,24,30)(H,25,32)(H,23,27,31)/t13-,15+/m0/s1. The minimum Gasteiger partial charge on any atom is -0.344 e. The number of anilines is 1. The summed E-state index contributed by atoms with van der Waals surface area (Å²) >= 11 is 7.08. The van der Waals surface area contributed by atoms with Crippen LogP contribution in [0.25, 0.3) is 0 Å². The first kappa shape index (κ1) is 26.4. The van der Waals surface area contributed by atoms with E-state index in [4.69, 9.17) is 11.6 Å². The molecule has 4 rings (SSSR count). The van der Waals surface area contributed by atoms with Crippen molar-refractivity contribution in [3.63, 3.8) is 0 Å². The molecule has 36 heavy (non-hydrogen) atoms. The van der Waals surface area contributed by atoms with E-state index in [1.54, 1.807) is 0 Å². The number of thiazole rings is 1. The summed E-state index contributed by atoms with van der Waals surface area (Å²) in [6, 6.07) is 1.52. The van der Waals surface area contributed by atoms with Crippen LogP contribution in [0.15, 0.2) is 18.3 Å². The number of rotatable bonds is 5. The summed E-state index contributed by atoms with van der Waals surface area (Å²) in [5, 5.41) is 8.48. The van der Waals surface area contributed by atoms with Crippen molar-refractivity contribution in [1.29, 1.82) is 0 Å². The van der Waals surface area contributed by atoms with Crippen LogP contribution in [0.2, 0.25) is 5.02 Å². The molecule has 2 aliphatic rings. The zero-order valence-corrected chi connectivity index (χ0v) is 22.0. The number of pyridine rings is 1.